The van der Waals surface area contributed by atoms with E-state index in [0.717, 1.165) is 0 Å². The minimum Gasteiger partial charge on any atom is -0.459 e. The molecular formula is C36H58O14. The van der Waals surface area contributed by atoms with E-state index in [2.05, 4.69) is 0 Å². The van der Waals surface area contributed by atoms with Gasteiger partial charge in [0.15, 0.2) is 18.4 Å². The molecule has 3 fully saturated rings. The van der Waals surface area contributed by atoms with Crippen molar-refractivity contribution in [1.82, 2.24) is 0 Å². The summed E-state index contributed by atoms with van der Waals surface area (Å²) in [5, 5.41) is 43.0. The number of epoxide rings is 1. The molecule has 0 aliphatic carbocycles. The fourth-order valence-corrected chi connectivity index (χ4v) is 7.41. The maximum absolute atomic E-state index is 13.3. The zero-order chi connectivity index (χ0) is 37.1. The van der Waals surface area contributed by atoms with Crippen LogP contribution in [0.4, 0.5) is 0 Å². The average Bonchev–Trinajstić information content (AvgIpc) is 3.83. The van der Waals surface area contributed by atoms with Gasteiger partial charge in [0.05, 0.1) is 37.1 Å². The summed E-state index contributed by atoms with van der Waals surface area (Å²) in [5.74, 6) is -2.25. The third kappa shape index (κ3) is 9.39. The summed E-state index contributed by atoms with van der Waals surface area (Å²) in [6, 6.07) is 0. The van der Waals surface area contributed by atoms with Crippen molar-refractivity contribution in [2.24, 2.45) is 23.7 Å². The van der Waals surface area contributed by atoms with E-state index in [1.54, 1.807) is 32.9 Å². The summed E-state index contributed by atoms with van der Waals surface area (Å²) in [7, 11) is 2.95. The second-order valence-corrected chi connectivity index (χ2v) is 14.6. The Bertz CT molecular complexity index is 1190. The summed E-state index contributed by atoms with van der Waals surface area (Å²) in [6.07, 6.45) is -3.96. The number of ketones is 1. The first-order valence-corrected chi connectivity index (χ1v) is 17.7. The summed E-state index contributed by atoms with van der Waals surface area (Å²) < 4.78 is 47.2. The molecule has 3 unspecified atom stereocenters. The van der Waals surface area contributed by atoms with Gasteiger partial charge in [-0.05, 0) is 52.2 Å². The highest BCUT2D eigenvalue weighted by Crippen LogP contribution is 2.38. The minimum absolute atomic E-state index is 0.0113. The number of carbonyl (C=O) groups excluding carboxylic acids is 2. The van der Waals surface area contributed by atoms with Crippen molar-refractivity contribution in [2.75, 3.05) is 20.8 Å². The number of aliphatic hydroxyl groups is 4. The highest BCUT2D eigenvalue weighted by atomic mass is 16.7. The van der Waals surface area contributed by atoms with Gasteiger partial charge in [0.25, 0.3) is 0 Å². The van der Waals surface area contributed by atoms with Gasteiger partial charge in [-0.15, -0.1) is 0 Å². The molecule has 4 rings (SSSR count). The Labute approximate surface area is 295 Å². The molecule has 0 aromatic rings. The molecule has 14 heteroatoms. The van der Waals surface area contributed by atoms with Gasteiger partial charge >= 0.3 is 5.97 Å². The first kappa shape index (κ1) is 40.9. The summed E-state index contributed by atoms with van der Waals surface area (Å²) in [6.45, 7) is 12.2. The number of hydrogen-bond donors (Lipinski definition) is 4. The average molecular weight is 715 g/mol. The van der Waals surface area contributed by atoms with Crippen molar-refractivity contribution in [3.05, 3.63) is 24.3 Å². The van der Waals surface area contributed by atoms with Crippen LogP contribution < -0.4 is 0 Å². The number of rotatable bonds is 8. The number of cyclic esters (lactones) is 1. The predicted molar refractivity (Wildman–Crippen MR) is 177 cm³/mol. The molecule has 0 aromatic heterocycles. The van der Waals surface area contributed by atoms with Crippen LogP contribution in [0.15, 0.2) is 24.3 Å². The third-order valence-electron chi connectivity index (χ3n) is 10.7. The lowest BCUT2D eigenvalue weighted by Gasteiger charge is -2.47. The molecule has 4 aliphatic heterocycles. The first-order chi connectivity index (χ1) is 23.5. The Morgan fingerprint density at radius 1 is 0.900 bits per heavy atom. The lowest BCUT2D eigenvalue weighted by Crippen LogP contribution is -2.63. The van der Waals surface area contributed by atoms with Gasteiger partial charge in [0.2, 0.25) is 0 Å². The minimum atomic E-state index is -1.85. The largest absolute Gasteiger partial charge is 0.459 e. The molecule has 4 N–H and O–H groups in total. The quantitative estimate of drug-likeness (QED) is 0.209. The zero-order valence-corrected chi connectivity index (χ0v) is 30.6. The standard InChI is InChI=1S/C36H58O14/c1-17-10-13-27(39)47-21(5)24(16-45-34-32(44-9)31(43-8)28(40)22(6)48-34)30-26(49-30)12-11-25(38)18(2)14-19(3)29(17)50-35-33(41)36(42,23(7)37)15-20(4)46-35/h10-13,17-24,26,28-35,37,40-42H,14-16H2,1-9H3/b12-11+,13-10+/t17-,18+,19-,20?,21+,22+,23-,24?,26-,28+,29+,30-,31+,32+,33-,34+,35?,36-/m0/s1. The summed E-state index contributed by atoms with van der Waals surface area (Å²) in [5.41, 5.74) is -1.85. The number of aliphatic hydroxyl groups excluding tert-OH is 3. The number of carbonyl (C=O) groups is 2. The smallest absolute Gasteiger partial charge is 0.330 e. The number of fused-ring (bicyclic) bond motifs is 1. The van der Waals surface area contributed by atoms with Crippen LogP contribution in [0.3, 0.4) is 0 Å². The number of ether oxygens (including phenoxy) is 8. The van der Waals surface area contributed by atoms with E-state index in [9.17, 15) is 30.0 Å². The second-order valence-electron chi connectivity index (χ2n) is 14.6. The van der Waals surface area contributed by atoms with E-state index in [1.165, 1.54) is 33.3 Å². The Balaban J connectivity index is 1.54. The van der Waals surface area contributed by atoms with Crippen LogP contribution in [0.25, 0.3) is 0 Å². The van der Waals surface area contributed by atoms with Crippen molar-refractivity contribution in [1.29, 1.82) is 0 Å². The second kappa shape index (κ2) is 17.3. The Hall–Kier alpha value is -1.82. The molecule has 14 nitrogen and oxygen atoms in total. The van der Waals surface area contributed by atoms with Crippen molar-refractivity contribution < 1.29 is 67.9 Å². The molecule has 0 radical (unpaired) electrons. The van der Waals surface area contributed by atoms with Gasteiger partial charge in [-0.25, -0.2) is 4.79 Å². The summed E-state index contributed by atoms with van der Waals surface area (Å²) >= 11 is 0. The van der Waals surface area contributed by atoms with Gasteiger partial charge in [-0.3, -0.25) is 4.79 Å². The van der Waals surface area contributed by atoms with Crippen LogP contribution >= 0.6 is 0 Å². The van der Waals surface area contributed by atoms with Crippen LogP contribution in [-0.2, 0) is 47.5 Å². The Kier molecular flexibility index (Phi) is 14.2. The lowest BCUT2D eigenvalue weighted by molar-refractivity contribution is -0.322. The van der Waals surface area contributed by atoms with Gasteiger partial charge in [0, 0.05) is 44.5 Å². The zero-order valence-electron chi connectivity index (χ0n) is 30.6. The van der Waals surface area contributed by atoms with Crippen molar-refractivity contribution in [2.45, 2.75) is 147 Å². The SMILES string of the molecule is CO[C@@H]1[C@H](O)[C@@H](C)O[C@@H](OCC2[C@@H](C)OC(=O)/C=C/[C@H](C)[C@@H](OC3OC(C)C[C@](O)([C@H](C)O)[C@H]3O)[C@@H](C)C[C@@H](C)C(=O)/C=C/[C@@H]3O[C@@H]23)[C@@H]1OC. The van der Waals surface area contributed by atoms with E-state index >= 15 is 0 Å². The van der Waals surface area contributed by atoms with Crippen LogP contribution in [0, 0.1) is 23.7 Å². The van der Waals surface area contributed by atoms with E-state index in [1.807, 2.05) is 20.8 Å². The van der Waals surface area contributed by atoms with Crippen LogP contribution in [0.1, 0.15) is 61.3 Å². The van der Waals surface area contributed by atoms with Gasteiger partial charge in [0.1, 0.15) is 42.2 Å². The van der Waals surface area contributed by atoms with E-state index in [-0.39, 0.29) is 24.7 Å². The molecule has 50 heavy (non-hydrogen) atoms. The molecule has 3 saturated heterocycles. The Morgan fingerprint density at radius 2 is 1.58 bits per heavy atom. The number of allylic oxidation sites excluding steroid dienone is 1. The number of hydrogen-bond acceptors (Lipinski definition) is 14. The van der Waals surface area contributed by atoms with Crippen LogP contribution in [-0.4, -0.2) is 138 Å². The molecule has 4 aliphatic rings. The normalized spacial score (nSPS) is 48.3. The van der Waals surface area contributed by atoms with E-state index < -0.39 is 109 Å². The van der Waals surface area contributed by atoms with E-state index in [0.29, 0.717) is 6.42 Å². The molecule has 0 spiro atoms. The van der Waals surface area contributed by atoms with Crippen LogP contribution in [0.5, 0.6) is 0 Å². The summed E-state index contributed by atoms with van der Waals surface area (Å²) in [4.78, 5) is 26.5. The number of esters is 1. The van der Waals surface area contributed by atoms with Crippen LogP contribution in [0.2, 0.25) is 0 Å². The maximum atomic E-state index is 13.3. The highest BCUT2D eigenvalue weighted by Gasteiger charge is 2.52. The molecule has 0 aromatic carbocycles. The molecule has 0 amide bonds. The van der Waals surface area contributed by atoms with Crippen molar-refractivity contribution in [3.63, 3.8) is 0 Å². The highest BCUT2D eigenvalue weighted by molar-refractivity contribution is 5.91. The van der Waals surface area contributed by atoms with Crippen molar-refractivity contribution in [3.8, 4) is 0 Å². The monoisotopic (exact) mass is 714 g/mol. The van der Waals surface area contributed by atoms with Crippen molar-refractivity contribution >= 4 is 11.8 Å². The molecule has 4 heterocycles. The predicted octanol–water partition coefficient (Wildman–Crippen LogP) is 1.44. The third-order valence-corrected chi connectivity index (χ3v) is 10.7. The van der Waals surface area contributed by atoms with E-state index in [4.69, 9.17) is 37.9 Å². The molecule has 0 saturated carbocycles. The van der Waals surface area contributed by atoms with Gasteiger partial charge in [-0.1, -0.05) is 26.8 Å². The van der Waals surface area contributed by atoms with Gasteiger partial charge < -0.3 is 58.3 Å². The Morgan fingerprint density at radius 3 is 2.22 bits per heavy atom. The molecular weight excluding hydrogens is 656 g/mol. The van der Waals surface area contributed by atoms with Gasteiger partial charge in [-0.2, -0.15) is 0 Å². The molecule has 0 bridgehead atoms. The molecule has 18 atom stereocenters. The topological polar surface area (TPSA) is 192 Å². The lowest BCUT2D eigenvalue weighted by atomic mass is 9.82. The fourth-order valence-electron chi connectivity index (χ4n) is 7.41. The number of methoxy groups -OCH3 is 2. The first-order valence-electron chi connectivity index (χ1n) is 17.7. The maximum Gasteiger partial charge on any atom is 0.330 e. The fraction of sp³-hybridized carbons (Fsp3) is 0.833. The molecule has 286 valence electrons.